The Labute approximate surface area is 95.8 Å². The second-order valence-electron chi connectivity index (χ2n) is 3.90. The molecule has 0 aliphatic heterocycles. The molecule has 0 fully saturated rings. The van der Waals surface area contributed by atoms with Crippen LogP contribution in [-0.4, -0.2) is 0 Å². The molecule has 0 heteroatoms. The fraction of sp³-hybridized carbons (Fsp3) is 0.667. The molecule has 15 heavy (non-hydrogen) atoms. The third-order valence-corrected chi connectivity index (χ3v) is 2.39. The molecule has 0 aromatic heterocycles. The van der Waals surface area contributed by atoms with Gasteiger partial charge in [0.25, 0.3) is 0 Å². The molecule has 0 aliphatic rings. The van der Waals surface area contributed by atoms with E-state index in [9.17, 15) is 0 Å². The maximum absolute atomic E-state index is 3.19. The van der Waals surface area contributed by atoms with Crippen LogP contribution in [0.1, 0.15) is 65.2 Å². The molecule has 0 aromatic carbocycles. The summed E-state index contributed by atoms with van der Waals surface area (Å²) in [6.45, 7) is 4.24. The lowest BCUT2D eigenvalue weighted by Gasteiger charge is -1.97. The quantitative estimate of drug-likeness (QED) is 0.269. The molecule has 0 rings (SSSR count). The van der Waals surface area contributed by atoms with Crippen molar-refractivity contribution in [2.45, 2.75) is 65.2 Å². The molecule has 0 aliphatic carbocycles. The van der Waals surface area contributed by atoms with E-state index in [2.05, 4.69) is 43.9 Å². The SMILES string of the molecule is CC=CCCCCCCCC=C=CCC. The van der Waals surface area contributed by atoms with Crippen LogP contribution in [0.5, 0.6) is 0 Å². The van der Waals surface area contributed by atoms with E-state index in [0.717, 1.165) is 6.42 Å². The molecule has 0 aromatic rings. The van der Waals surface area contributed by atoms with Gasteiger partial charge in [-0.3, -0.25) is 0 Å². The molecule has 0 N–H and O–H groups in total. The number of rotatable bonds is 9. The van der Waals surface area contributed by atoms with Gasteiger partial charge in [-0.1, -0.05) is 38.3 Å². The van der Waals surface area contributed by atoms with Crippen LogP contribution in [-0.2, 0) is 0 Å². The van der Waals surface area contributed by atoms with Gasteiger partial charge >= 0.3 is 0 Å². The van der Waals surface area contributed by atoms with Gasteiger partial charge in [-0.25, -0.2) is 0 Å². The minimum absolute atomic E-state index is 1.10. The Morgan fingerprint density at radius 3 is 2.20 bits per heavy atom. The van der Waals surface area contributed by atoms with Crippen molar-refractivity contribution >= 4 is 0 Å². The maximum Gasteiger partial charge on any atom is -0.0274 e. The molecule has 0 nitrogen and oxygen atoms in total. The summed E-state index contributed by atoms with van der Waals surface area (Å²) in [5.74, 6) is 0. The molecule has 0 saturated carbocycles. The first-order valence-electron chi connectivity index (χ1n) is 6.42. The van der Waals surface area contributed by atoms with Crippen LogP contribution >= 0.6 is 0 Å². The average Bonchev–Trinajstić information content (AvgIpc) is 2.26. The van der Waals surface area contributed by atoms with Gasteiger partial charge < -0.3 is 0 Å². The summed E-state index contributed by atoms with van der Waals surface area (Å²) >= 11 is 0. The summed E-state index contributed by atoms with van der Waals surface area (Å²) in [6, 6.07) is 0. The smallest absolute Gasteiger partial charge is 0.0274 e. The molecule has 0 amide bonds. The summed E-state index contributed by atoms with van der Waals surface area (Å²) in [5.41, 5.74) is 3.19. The lowest BCUT2D eigenvalue weighted by atomic mass is 10.1. The topological polar surface area (TPSA) is 0 Å². The van der Waals surface area contributed by atoms with E-state index >= 15 is 0 Å². The van der Waals surface area contributed by atoms with Crippen LogP contribution in [0.4, 0.5) is 0 Å². The summed E-state index contributed by atoms with van der Waals surface area (Å²) < 4.78 is 0. The van der Waals surface area contributed by atoms with Crippen LogP contribution in [0.15, 0.2) is 30.0 Å². The van der Waals surface area contributed by atoms with Crippen LogP contribution < -0.4 is 0 Å². The van der Waals surface area contributed by atoms with E-state index in [-0.39, 0.29) is 0 Å². The lowest BCUT2D eigenvalue weighted by Crippen LogP contribution is -1.77. The normalized spacial score (nSPS) is 10.3. The van der Waals surface area contributed by atoms with E-state index in [1.54, 1.807) is 0 Å². The molecule has 0 atom stereocenters. The fourth-order valence-corrected chi connectivity index (χ4v) is 1.49. The summed E-state index contributed by atoms with van der Waals surface area (Å²) in [6.07, 6.45) is 19.1. The highest BCUT2D eigenvalue weighted by Crippen LogP contribution is 2.07. The second kappa shape index (κ2) is 13.3. The average molecular weight is 206 g/mol. The standard InChI is InChI=1S/C15H26/c1-3-5-7-9-11-13-15-14-12-10-8-6-4-2/h3,5-6,10H,4,7,9,11-15H2,1-2H3. The first-order chi connectivity index (χ1) is 7.41. The predicted octanol–water partition coefficient (Wildman–Crippen LogP) is 5.41. The monoisotopic (exact) mass is 206 g/mol. The van der Waals surface area contributed by atoms with E-state index in [4.69, 9.17) is 0 Å². The summed E-state index contributed by atoms with van der Waals surface area (Å²) in [4.78, 5) is 0. The van der Waals surface area contributed by atoms with Crippen molar-refractivity contribution in [3.8, 4) is 0 Å². The molecule has 0 radical (unpaired) electrons. The Kier molecular flexibility index (Phi) is 12.6. The third kappa shape index (κ3) is 13.3. The van der Waals surface area contributed by atoms with E-state index in [1.165, 1.54) is 44.9 Å². The van der Waals surface area contributed by atoms with Gasteiger partial charge in [0.1, 0.15) is 0 Å². The maximum atomic E-state index is 3.19. The Hall–Kier alpha value is -0.740. The minimum atomic E-state index is 1.10. The van der Waals surface area contributed by atoms with Crippen LogP contribution in [0.25, 0.3) is 0 Å². The predicted molar refractivity (Wildman–Crippen MR) is 70.1 cm³/mol. The zero-order chi connectivity index (χ0) is 11.2. The van der Waals surface area contributed by atoms with Crippen molar-refractivity contribution in [3.63, 3.8) is 0 Å². The fourth-order valence-electron chi connectivity index (χ4n) is 1.49. The highest BCUT2D eigenvalue weighted by molar-refractivity contribution is 4.83. The zero-order valence-corrected chi connectivity index (χ0v) is 10.5. The first-order valence-corrected chi connectivity index (χ1v) is 6.42. The van der Waals surface area contributed by atoms with Crippen molar-refractivity contribution in [1.29, 1.82) is 0 Å². The number of allylic oxidation sites excluding steroid dienone is 3. The van der Waals surface area contributed by atoms with Gasteiger partial charge in [0.2, 0.25) is 0 Å². The van der Waals surface area contributed by atoms with Crippen molar-refractivity contribution in [2.75, 3.05) is 0 Å². The summed E-state index contributed by atoms with van der Waals surface area (Å²) in [7, 11) is 0. The highest BCUT2D eigenvalue weighted by Gasteiger charge is 1.88. The first kappa shape index (κ1) is 14.3. The van der Waals surface area contributed by atoms with Gasteiger partial charge in [0.05, 0.1) is 0 Å². The zero-order valence-electron chi connectivity index (χ0n) is 10.5. The van der Waals surface area contributed by atoms with Gasteiger partial charge in [-0.05, 0) is 51.2 Å². The molecular formula is C15H26. The number of hydrogen-bond acceptors (Lipinski definition) is 0. The number of unbranched alkanes of at least 4 members (excludes halogenated alkanes) is 6. The largest absolute Gasteiger partial charge is 0.130 e. The third-order valence-electron chi connectivity index (χ3n) is 2.39. The minimum Gasteiger partial charge on any atom is -0.130 e. The molecule has 0 unspecified atom stereocenters. The van der Waals surface area contributed by atoms with Crippen LogP contribution in [0, 0.1) is 0 Å². The van der Waals surface area contributed by atoms with E-state index < -0.39 is 0 Å². The molecule has 86 valence electrons. The van der Waals surface area contributed by atoms with Gasteiger partial charge in [0.15, 0.2) is 0 Å². The Morgan fingerprint density at radius 1 is 0.867 bits per heavy atom. The van der Waals surface area contributed by atoms with Crippen molar-refractivity contribution in [1.82, 2.24) is 0 Å². The Balaban J connectivity index is 3.08. The Morgan fingerprint density at radius 2 is 1.53 bits per heavy atom. The molecule has 0 saturated heterocycles. The second-order valence-corrected chi connectivity index (χ2v) is 3.90. The van der Waals surface area contributed by atoms with Crippen molar-refractivity contribution in [2.24, 2.45) is 0 Å². The van der Waals surface area contributed by atoms with Gasteiger partial charge in [-0.15, -0.1) is 5.73 Å². The van der Waals surface area contributed by atoms with Crippen LogP contribution in [0.3, 0.4) is 0 Å². The highest BCUT2D eigenvalue weighted by atomic mass is 13.9. The molecule has 0 bridgehead atoms. The molecule has 0 heterocycles. The number of hydrogen-bond donors (Lipinski definition) is 0. The Bertz CT molecular complexity index is 192. The van der Waals surface area contributed by atoms with Gasteiger partial charge in [-0.2, -0.15) is 0 Å². The van der Waals surface area contributed by atoms with Crippen molar-refractivity contribution < 1.29 is 0 Å². The van der Waals surface area contributed by atoms with Crippen molar-refractivity contribution in [3.05, 3.63) is 30.0 Å². The van der Waals surface area contributed by atoms with Gasteiger partial charge in [0, 0.05) is 0 Å². The van der Waals surface area contributed by atoms with E-state index in [0.29, 0.717) is 0 Å². The summed E-state index contributed by atoms with van der Waals surface area (Å²) in [5, 5.41) is 0. The van der Waals surface area contributed by atoms with E-state index in [1.807, 2.05) is 0 Å². The molecular weight excluding hydrogens is 180 g/mol. The van der Waals surface area contributed by atoms with Crippen LogP contribution in [0.2, 0.25) is 0 Å². The molecule has 0 spiro atoms. The lowest BCUT2D eigenvalue weighted by molar-refractivity contribution is 0.622.